The van der Waals surface area contributed by atoms with Crippen LogP contribution in [0.1, 0.15) is 13.3 Å². The number of aromatic nitrogens is 3. The Morgan fingerprint density at radius 2 is 2.05 bits per heavy atom. The molecule has 0 bridgehead atoms. The first-order chi connectivity index (χ1) is 17.9. The molecule has 3 atom stereocenters. The number of nitrogens with one attached hydrogen (secondary N) is 2. The van der Waals surface area contributed by atoms with Crippen LogP contribution in [0, 0.1) is 11.8 Å². The van der Waals surface area contributed by atoms with Crippen molar-refractivity contribution in [2.75, 3.05) is 42.3 Å². The molecule has 1 aliphatic heterocycles. The number of hydrogen-bond acceptors (Lipinski definition) is 8. The molecule has 192 valence electrons. The van der Waals surface area contributed by atoms with Crippen molar-refractivity contribution >= 4 is 45.1 Å². The van der Waals surface area contributed by atoms with Crippen LogP contribution in [-0.4, -0.2) is 60.1 Å². The van der Waals surface area contributed by atoms with Crippen LogP contribution in [0.15, 0.2) is 41.1 Å². The van der Waals surface area contributed by atoms with Gasteiger partial charge in [-0.15, -0.1) is 0 Å². The Hall–Kier alpha value is -3.86. The van der Waals surface area contributed by atoms with E-state index < -0.39 is 24.2 Å². The number of oxazole rings is 1. The second kappa shape index (κ2) is 9.22. The van der Waals surface area contributed by atoms with Gasteiger partial charge in [0.15, 0.2) is 5.58 Å². The number of morpholine rings is 1. The molecule has 2 aliphatic rings. The van der Waals surface area contributed by atoms with Gasteiger partial charge in [-0.25, -0.2) is 23.7 Å². The Morgan fingerprint density at radius 3 is 2.81 bits per heavy atom. The van der Waals surface area contributed by atoms with E-state index in [2.05, 4.69) is 32.4 Å². The highest BCUT2D eigenvalue weighted by Crippen LogP contribution is 2.44. The van der Waals surface area contributed by atoms with Gasteiger partial charge in [0.2, 0.25) is 18.2 Å². The molecule has 9 nitrogen and oxygen atoms in total. The molecule has 2 fully saturated rings. The van der Waals surface area contributed by atoms with Crippen molar-refractivity contribution in [3.63, 3.8) is 0 Å². The van der Waals surface area contributed by atoms with Crippen LogP contribution in [0.2, 0.25) is 0 Å². The molecule has 3 aromatic heterocycles. The van der Waals surface area contributed by atoms with Crippen LogP contribution < -0.4 is 15.5 Å². The summed E-state index contributed by atoms with van der Waals surface area (Å²) in [6.07, 6.45) is 1.09. The van der Waals surface area contributed by atoms with Gasteiger partial charge < -0.3 is 24.7 Å². The molecule has 1 saturated heterocycles. The summed E-state index contributed by atoms with van der Waals surface area (Å²) >= 11 is 0. The van der Waals surface area contributed by atoms with Crippen molar-refractivity contribution in [2.24, 2.45) is 11.8 Å². The highest BCUT2D eigenvalue weighted by atomic mass is 19.3. The molecule has 1 aromatic carbocycles. The molecule has 11 heteroatoms. The highest BCUT2D eigenvalue weighted by Gasteiger charge is 2.49. The summed E-state index contributed by atoms with van der Waals surface area (Å²) in [6, 6.07) is 7.61. The molecule has 0 radical (unpaired) electrons. The fourth-order valence-electron chi connectivity index (χ4n) is 4.87. The number of anilines is 3. The molecule has 37 heavy (non-hydrogen) atoms. The standard InChI is InChI=1S/C26H26F2N6O3/c1-13-12-34(5-6-36-13)14-3-4-21-20(7-14)32-26(37-21)19-11-31-24(29-2)18-10-30-22(9-15(18)19)33-25(35)17-8-16(17)23(27)28/h3-4,7,9-11,13,16-17,23H,5-6,8,12H2,1-2H3,(H,29,31)(H,30,33,35)/t13-,16?,17?/m0/s1. The number of halogens is 2. The minimum absolute atomic E-state index is 0.157. The number of benzene rings is 1. The van der Waals surface area contributed by atoms with E-state index >= 15 is 0 Å². The van der Waals surface area contributed by atoms with Crippen molar-refractivity contribution in [1.29, 1.82) is 0 Å². The first kappa shape index (κ1) is 23.5. The minimum Gasteiger partial charge on any atom is -0.436 e. The van der Waals surface area contributed by atoms with Gasteiger partial charge in [-0.1, -0.05) is 0 Å². The van der Waals surface area contributed by atoms with E-state index in [4.69, 9.17) is 14.1 Å². The van der Waals surface area contributed by atoms with Crippen molar-refractivity contribution in [3.8, 4) is 11.5 Å². The zero-order chi connectivity index (χ0) is 25.7. The van der Waals surface area contributed by atoms with Crippen LogP contribution in [0.4, 0.5) is 26.1 Å². The molecule has 1 aliphatic carbocycles. The number of rotatable bonds is 6. The SMILES string of the molecule is CNc1ncc(-c2nc3cc(N4CCO[C@@H](C)C4)ccc3o2)c2cc(NC(=O)C3CC3C(F)F)ncc12. The van der Waals surface area contributed by atoms with Crippen LogP contribution in [0.3, 0.4) is 0 Å². The number of amides is 1. The van der Waals surface area contributed by atoms with E-state index in [-0.39, 0.29) is 18.3 Å². The summed E-state index contributed by atoms with van der Waals surface area (Å²) in [6.45, 7) is 4.34. The molecular weight excluding hydrogens is 482 g/mol. The molecule has 1 saturated carbocycles. The highest BCUT2D eigenvalue weighted by molar-refractivity contribution is 6.03. The molecule has 0 spiro atoms. The summed E-state index contributed by atoms with van der Waals surface area (Å²) < 4.78 is 37.6. The predicted octanol–water partition coefficient (Wildman–Crippen LogP) is 4.54. The lowest BCUT2D eigenvalue weighted by Crippen LogP contribution is -2.41. The zero-order valence-corrected chi connectivity index (χ0v) is 20.4. The average Bonchev–Trinajstić information content (AvgIpc) is 3.60. The number of ether oxygens (including phenoxy) is 1. The Labute approximate surface area is 211 Å². The fraction of sp³-hybridized carbons (Fsp3) is 0.385. The summed E-state index contributed by atoms with van der Waals surface area (Å²) in [5.41, 5.74) is 3.03. The maximum atomic E-state index is 12.9. The van der Waals surface area contributed by atoms with Gasteiger partial charge in [0.1, 0.15) is 17.2 Å². The Kier molecular flexibility index (Phi) is 5.86. The first-order valence-electron chi connectivity index (χ1n) is 12.2. The van der Waals surface area contributed by atoms with Gasteiger partial charge in [-0.05, 0) is 37.6 Å². The fourth-order valence-corrected chi connectivity index (χ4v) is 4.87. The van der Waals surface area contributed by atoms with Gasteiger partial charge in [0.25, 0.3) is 0 Å². The molecule has 4 heterocycles. The van der Waals surface area contributed by atoms with E-state index in [1.54, 1.807) is 25.5 Å². The Morgan fingerprint density at radius 1 is 1.19 bits per heavy atom. The molecule has 1 amide bonds. The summed E-state index contributed by atoms with van der Waals surface area (Å²) in [5.74, 6) is -0.778. The van der Waals surface area contributed by atoms with E-state index in [9.17, 15) is 13.6 Å². The summed E-state index contributed by atoms with van der Waals surface area (Å²) in [5, 5.41) is 7.14. The van der Waals surface area contributed by atoms with Gasteiger partial charge >= 0.3 is 0 Å². The number of carbonyl (C=O) groups is 1. The van der Waals surface area contributed by atoms with Gasteiger partial charge in [0, 0.05) is 60.8 Å². The third-order valence-electron chi connectivity index (χ3n) is 6.97. The molecule has 2 unspecified atom stereocenters. The van der Waals surface area contributed by atoms with Crippen LogP contribution in [-0.2, 0) is 9.53 Å². The lowest BCUT2D eigenvalue weighted by molar-refractivity contribution is -0.118. The van der Waals surface area contributed by atoms with Crippen LogP contribution in [0.5, 0.6) is 0 Å². The lowest BCUT2D eigenvalue weighted by atomic mass is 10.1. The maximum Gasteiger partial charge on any atom is 0.242 e. The lowest BCUT2D eigenvalue weighted by Gasteiger charge is -2.32. The van der Waals surface area contributed by atoms with Gasteiger partial charge in [0.05, 0.1) is 18.3 Å². The third-order valence-corrected chi connectivity index (χ3v) is 6.97. The zero-order valence-electron chi connectivity index (χ0n) is 20.4. The molecular formula is C26H26F2N6O3. The van der Waals surface area contributed by atoms with Crippen molar-refractivity contribution in [2.45, 2.75) is 25.9 Å². The minimum atomic E-state index is -2.50. The number of alkyl halides is 2. The van der Waals surface area contributed by atoms with E-state index in [1.165, 1.54) is 0 Å². The number of hydrogen-bond donors (Lipinski definition) is 2. The molecule has 2 N–H and O–H groups in total. The molecule has 4 aromatic rings. The number of pyridine rings is 2. The second-order valence-electron chi connectivity index (χ2n) is 9.51. The van der Waals surface area contributed by atoms with Crippen molar-refractivity contribution in [3.05, 3.63) is 36.7 Å². The van der Waals surface area contributed by atoms with Crippen LogP contribution in [0.25, 0.3) is 33.3 Å². The predicted molar refractivity (Wildman–Crippen MR) is 136 cm³/mol. The van der Waals surface area contributed by atoms with Gasteiger partial charge in [-0.3, -0.25) is 4.79 Å². The second-order valence-corrected chi connectivity index (χ2v) is 9.51. The summed E-state index contributed by atoms with van der Waals surface area (Å²) in [4.78, 5) is 28.3. The van der Waals surface area contributed by atoms with Crippen LogP contribution >= 0.6 is 0 Å². The largest absolute Gasteiger partial charge is 0.436 e. The Balaban J connectivity index is 1.35. The third kappa shape index (κ3) is 4.43. The van der Waals surface area contributed by atoms with E-state index in [0.717, 1.165) is 18.8 Å². The quantitative estimate of drug-likeness (QED) is 0.391. The van der Waals surface area contributed by atoms with Gasteiger partial charge in [-0.2, -0.15) is 0 Å². The number of carbonyl (C=O) groups excluding carboxylic acids is 1. The van der Waals surface area contributed by atoms with Crippen molar-refractivity contribution in [1.82, 2.24) is 15.0 Å². The molecule has 6 rings (SSSR count). The van der Waals surface area contributed by atoms with E-state index in [1.807, 2.05) is 18.2 Å². The maximum absolute atomic E-state index is 12.9. The monoisotopic (exact) mass is 508 g/mol. The number of fused-ring (bicyclic) bond motifs is 2. The summed E-state index contributed by atoms with van der Waals surface area (Å²) in [7, 11) is 1.75. The first-order valence-corrected chi connectivity index (χ1v) is 12.2. The average molecular weight is 509 g/mol. The normalized spacial score (nSPS) is 21.5. The van der Waals surface area contributed by atoms with Crippen molar-refractivity contribution < 1.29 is 22.7 Å². The van der Waals surface area contributed by atoms with E-state index in [0.29, 0.717) is 45.8 Å². The smallest absolute Gasteiger partial charge is 0.242 e. The number of nitrogens with zero attached hydrogens (tertiary/aromatic N) is 4. The Bertz CT molecular complexity index is 1490. The topological polar surface area (TPSA) is 105 Å².